The second-order valence-electron chi connectivity index (χ2n) is 6.52. The molecule has 1 saturated heterocycles. The summed E-state index contributed by atoms with van der Waals surface area (Å²) in [5, 5.41) is 0. The van der Waals surface area contributed by atoms with E-state index in [0.29, 0.717) is 17.1 Å². The first-order chi connectivity index (χ1) is 12.1. The van der Waals surface area contributed by atoms with Crippen molar-refractivity contribution in [2.24, 2.45) is 5.92 Å². The minimum Gasteiger partial charge on any atom is -0.493 e. The Morgan fingerprint density at radius 2 is 2.00 bits per heavy atom. The minimum absolute atomic E-state index is 0.00269. The standard InChI is InChI=1S/C20H25NO4/c1-14-6-8-17(25-14)13-21-10-4-5-16(12-21)20(22)15-7-9-18(23-2)19(11-15)24-3/h6-9,11,16H,4-5,10,12-13H2,1-3H3/t16-/m1/s1. The van der Waals surface area contributed by atoms with Gasteiger partial charge in [-0.25, -0.2) is 0 Å². The molecule has 0 amide bonds. The van der Waals surface area contributed by atoms with E-state index >= 15 is 0 Å². The molecule has 1 fully saturated rings. The molecule has 1 aromatic heterocycles. The lowest BCUT2D eigenvalue weighted by Gasteiger charge is -2.31. The van der Waals surface area contributed by atoms with Crippen LogP contribution in [0.1, 0.15) is 34.7 Å². The van der Waals surface area contributed by atoms with E-state index in [1.54, 1.807) is 26.4 Å². The van der Waals surface area contributed by atoms with E-state index in [1.165, 1.54) is 0 Å². The van der Waals surface area contributed by atoms with Gasteiger partial charge in [0.1, 0.15) is 11.5 Å². The highest BCUT2D eigenvalue weighted by Gasteiger charge is 2.27. The number of nitrogens with zero attached hydrogens (tertiary/aromatic N) is 1. The Morgan fingerprint density at radius 1 is 1.20 bits per heavy atom. The van der Waals surface area contributed by atoms with Crippen molar-refractivity contribution in [3.05, 3.63) is 47.4 Å². The Bertz CT molecular complexity index is 737. The van der Waals surface area contributed by atoms with Gasteiger partial charge in [0.2, 0.25) is 0 Å². The molecule has 0 radical (unpaired) electrons. The zero-order valence-electron chi connectivity index (χ0n) is 15.1. The highest BCUT2D eigenvalue weighted by molar-refractivity contribution is 5.98. The third-order valence-corrected chi connectivity index (χ3v) is 4.72. The molecule has 5 heteroatoms. The van der Waals surface area contributed by atoms with E-state index in [0.717, 1.165) is 44.0 Å². The van der Waals surface area contributed by atoms with Gasteiger partial charge in [-0.05, 0) is 56.6 Å². The van der Waals surface area contributed by atoms with Crippen LogP contribution in [0.2, 0.25) is 0 Å². The van der Waals surface area contributed by atoms with Gasteiger partial charge in [-0.1, -0.05) is 0 Å². The fraction of sp³-hybridized carbons (Fsp3) is 0.450. The molecule has 3 rings (SSSR count). The van der Waals surface area contributed by atoms with Crippen molar-refractivity contribution in [2.45, 2.75) is 26.3 Å². The Kier molecular flexibility index (Phi) is 5.43. The topological polar surface area (TPSA) is 51.9 Å². The summed E-state index contributed by atoms with van der Waals surface area (Å²) in [5.41, 5.74) is 0.679. The second kappa shape index (κ2) is 7.74. The smallest absolute Gasteiger partial charge is 0.167 e. The fourth-order valence-electron chi connectivity index (χ4n) is 3.43. The fourth-order valence-corrected chi connectivity index (χ4v) is 3.43. The molecule has 2 heterocycles. The highest BCUT2D eigenvalue weighted by Crippen LogP contribution is 2.30. The molecule has 0 N–H and O–H groups in total. The monoisotopic (exact) mass is 343 g/mol. The maximum absolute atomic E-state index is 12.9. The van der Waals surface area contributed by atoms with Crippen LogP contribution in [0.3, 0.4) is 0 Å². The Labute approximate surface area is 148 Å². The number of rotatable bonds is 6. The number of ether oxygens (including phenoxy) is 2. The van der Waals surface area contributed by atoms with Crippen molar-refractivity contribution in [1.29, 1.82) is 0 Å². The average molecular weight is 343 g/mol. The zero-order chi connectivity index (χ0) is 17.8. The second-order valence-corrected chi connectivity index (χ2v) is 6.52. The van der Waals surface area contributed by atoms with Crippen LogP contribution in [0.15, 0.2) is 34.7 Å². The molecule has 2 aromatic rings. The number of methoxy groups -OCH3 is 2. The van der Waals surface area contributed by atoms with E-state index < -0.39 is 0 Å². The summed E-state index contributed by atoms with van der Waals surface area (Å²) < 4.78 is 16.2. The van der Waals surface area contributed by atoms with Crippen LogP contribution in [0.4, 0.5) is 0 Å². The number of hydrogen-bond donors (Lipinski definition) is 0. The third kappa shape index (κ3) is 4.04. The quantitative estimate of drug-likeness (QED) is 0.749. The molecule has 1 aliphatic heterocycles. The maximum Gasteiger partial charge on any atom is 0.167 e. The van der Waals surface area contributed by atoms with Gasteiger partial charge >= 0.3 is 0 Å². The largest absolute Gasteiger partial charge is 0.493 e. The van der Waals surface area contributed by atoms with Crippen molar-refractivity contribution >= 4 is 5.78 Å². The number of ketones is 1. The molecule has 1 aliphatic rings. The van der Waals surface area contributed by atoms with Crippen LogP contribution >= 0.6 is 0 Å². The summed E-state index contributed by atoms with van der Waals surface area (Å²) in [6, 6.07) is 9.37. The van der Waals surface area contributed by atoms with Crippen molar-refractivity contribution < 1.29 is 18.7 Å². The average Bonchev–Trinajstić information content (AvgIpc) is 3.05. The molecular formula is C20H25NO4. The number of carbonyl (C=O) groups is 1. The van der Waals surface area contributed by atoms with Crippen LogP contribution in [-0.2, 0) is 6.54 Å². The first-order valence-corrected chi connectivity index (χ1v) is 8.64. The summed E-state index contributed by atoms with van der Waals surface area (Å²) in [4.78, 5) is 15.2. The number of likely N-dealkylation sites (tertiary alicyclic amines) is 1. The Hall–Kier alpha value is -2.27. The van der Waals surface area contributed by atoms with Crippen LogP contribution in [0.25, 0.3) is 0 Å². The first-order valence-electron chi connectivity index (χ1n) is 8.64. The molecule has 134 valence electrons. The molecule has 5 nitrogen and oxygen atoms in total. The lowest BCUT2D eigenvalue weighted by Crippen LogP contribution is -2.38. The molecule has 0 saturated carbocycles. The number of hydrogen-bond acceptors (Lipinski definition) is 5. The molecule has 0 unspecified atom stereocenters. The van der Waals surface area contributed by atoms with Crippen LogP contribution < -0.4 is 9.47 Å². The van der Waals surface area contributed by atoms with E-state index in [4.69, 9.17) is 13.9 Å². The molecule has 0 spiro atoms. The zero-order valence-corrected chi connectivity index (χ0v) is 15.1. The summed E-state index contributed by atoms with van der Waals surface area (Å²) >= 11 is 0. The SMILES string of the molecule is COc1ccc(C(=O)[C@@H]2CCCN(Cc3ccc(C)o3)C2)cc1OC. The summed E-state index contributed by atoms with van der Waals surface area (Å²) in [7, 11) is 3.18. The molecule has 1 atom stereocenters. The predicted octanol–water partition coefficient (Wildman–Crippen LogP) is 3.70. The van der Waals surface area contributed by atoms with Gasteiger partial charge in [0.25, 0.3) is 0 Å². The van der Waals surface area contributed by atoms with E-state index in [2.05, 4.69) is 4.90 Å². The van der Waals surface area contributed by atoms with Crippen LogP contribution in [-0.4, -0.2) is 38.0 Å². The molecular weight excluding hydrogens is 318 g/mol. The van der Waals surface area contributed by atoms with Gasteiger partial charge in [-0.3, -0.25) is 9.69 Å². The number of aryl methyl sites for hydroxylation is 1. The normalized spacial score (nSPS) is 18.1. The van der Waals surface area contributed by atoms with Gasteiger partial charge in [0, 0.05) is 18.0 Å². The van der Waals surface area contributed by atoms with Crippen molar-refractivity contribution in [1.82, 2.24) is 4.90 Å². The summed E-state index contributed by atoms with van der Waals surface area (Å²) in [6.45, 7) is 4.45. The number of carbonyl (C=O) groups excluding carboxylic acids is 1. The van der Waals surface area contributed by atoms with E-state index in [1.807, 2.05) is 25.1 Å². The number of piperidine rings is 1. The van der Waals surface area contributed by atoms with Gasteiger partial charge in [0.15, 0.2) is 17.3 Å². The van der Waals surface area contributed by atoms with Crippen molar-refractivity contribution in [3.8, 4) is 11.5 Å². The molecule has 0 aliphatic carbocycles. The van der Waals surface area contributed by atoms with Crippen molar-refractivity contribution in [3.63, 3.8) is 0 Å². The Balaban J connectivity index is 1.69. The van der Waals surface area contributed by atoms with Gasteiger partial charge in [-0.15, -0.1) is 0 Å². The van der Waals surface area contributed by atoms with Gasteiger partial charge in [0.05, 0.1) is 20.8 Å². The Morgan fingerprint density at radius 3 is 2.68 bits per heavy atom. The van der Waals surface area contributed by atoms with Gasteiger partial charge in [-0.2, -0.15) is 0 Å². The summed E-state index contributed by atoms with van der Waals surface area (Å²) in [6.07, 6.45) is 1.93. The molecule has 1 aromatic carbocycles. The van der Waals surface area contributed by atoms with Crippen molar-refractivity contribution in [2.75, 3.05) is 27.3 Å². The molecule has 0 bridgehead atoms. The molecule has 25 heavy (non-hydrogen) atoms. The van der Waals surface area contributed by atoms with Gasteiger partial charge < -0.3 is 13.9 Å². The minimum atomic E-state index is 0.00269. The summed E-state index contributed by atoms with van der Waals surface area (Å²) in [5.74, 6) is 3.27. The van der Waals surface area contributed by atoms with Crippen LogP contribution in [0, 0.1) is 12.8 Å². The van der Waals surface area contributed by atoms with E-state index in [9.17, 15) is 4.79 Å². The number of Topliss-reactive ketones (excluding diaryl/α,β-unsaturated/α-hetero) is 1. The third-order valence-electron chi connectivity index (χ3n) is 4.72. The van der Waals surface area contributed by atoms with E-state index in [-0.39, 0.29) is 11.7 Å². The van der Waals surface area contributed by atoms with Crippen LogP contribution in [0.5, 0.6) is 11.5 Å². The lowest BCUT2D eigenvalue weighted by molar-refractivity contribution is 0.0802. The maximum atomic E-state index is 12.9. The highest BCUT2D eigenvalue weighted by atomic mass is 16.5. The lowest BCUT2D eigenvalue weighted by atomic mass is 9.90. The first kappa shape index (κ1) is 17.5. The number of benzene rings is 1. The number of furan rings is 1. The predicted molar refractivity (Wildman–Crippen MR) is 95.3 cm³/mol.